The van der Waals surface area contributed by atoms with Gasteiger partial charge in [0.25, 0.3) is 0 Å². The minimum atomic E-state index is 0.0917. The van der Waals surface area contributed by atoms with E-state index in [-0.39, 0.29) is 5.41 Å². The highest BCUT2D eigenvalue weighted by Crippen LogP contribution is 2.37. The minimum absolute atomic E-state index is 0.0917. The van der Waals surface area contributed by atoms with Crippen molar-refractivity contribution >= 4 is 0 Å². The second kappa shape index (κ2) is 6.49. The molecular formula is C13H26O2. The molecule has 0 bridgehead atoms. The highest BCUT2D eigenvalue weighted by Gasteiger charge is 2.35. The molecule has 1 rings (SSSR count). The van der Waals surface area contributed by atoms with Gasteiger partial charge < -0.3 is 9.84 Å². The normalized spacial score (nSPS) is 28.2. The van der Waals surface area contributed by atoms with E-state index in [2.05, 4.69) is 13.8 Å². The van der Waals surface area contributed by atoms with Crippen LogP contribution in [0.1, 0.15) is 52.4 Å². The molecule has 90 valence electrons. The fraction of sp³-hybridized carbons (Fsp3) is 1.00. The molecule has 1 fully saturated rings. The zero-order valence-corrected chi connectivity index (χ0v) is 10.3. The lowest BCUT2D eigenvalue weighted by Gasteiger charge is -2.29. The average Bonchev–Trinajstić information content (AvgIpc) is 2.73. The second-order valence-corrected chi connectivity index (χ2v) is 5.08. The van der Waals surface area contributed by atoms with Gasteiger partial charge in [-0.1, -0.05) is 39.5 Å². The summed E-state index contributed by atoms with van der Waals surface area (Å²) in [5.74, 6) is 0.777. The first-order valence-electron chi connectivity index (χ1n) is 6.45. The van der Waals surface area contributed by atoms with Crippen LogP contribution in [0.5, 0.6) is 0 Å². The van der Waals surface area contributed by atoms with Crippen LogP contribution in [0.25, 0.3) is 0 Å². The van der Waals surface area contributed by atoms with Crippen molar-refractivity contribution in [3.63, 3.8) is 0 Å². The summed E-state index contributed by atoms with van der Waals surface area (Å²) in [5.41, 5.74) is 0.0917. The smallest absolute Gasteiger partial charge is 0.0545 e. The summed E-state index contributed by atoms with van der Waals surface area (Å²) >= 11 is 0. The van der Waals surface area contributed by atoms with Crippen molar-refractivity contribution in [2.75, 3.05) is 19.8 Å². The third kappa shape index (κ3) is 3.76. The number of hydrogen-bond donors (Lipinski definition) is 1. The van der Waals surface area contributed by atoms with E-state index in [1.165, 1.54) is 25.7 Å². The lowest BCUT2D eigenvalue weighted by Crippen LogP contribution is -2.28. The van der Waals surface area contributed by atoms with Gasteiger partial charge in [0.2, 0.25) is 0 Å². The number of ether oxygens (including phenoxy) is 1. The highest BCUT2D eigenvalue weighted by atomic mass is 16.5. The molecule has 2 atom stereocenters. The Morgan fingerprint density at radius 3 is 2.67 bits per heavy atom. The molecule has 15 heavy (non-hydrogen) atoms. The summed E-state index contributed by atoms with van der Waals surface area (Å²) in [6, 6.07) is 0. The summed E-state index contributed by atoms with van der Waals surface area (Å²) in [7, 11) is 0. The van der Waals surface area contributed by atoms with Gasteiger partial charge in [0.05, 0.1) is 13.2 Å². The first kappa shape index (κ1) is 13.0. The second-order valence-electron chi connectivity index (χ2n) is 5.08. The monoisotopic (exact) mass is 214 g/mol. The van der Waals surface area contributed by atoms with Crippen molar-refractivity contribution in [2.24, 2.45) is 11.3 Å². The molecule has 1 saturated heterocycles. The summed E-state index contributed by atoms with van der Waals surface area (Å²) in [6.07, 6.45) is 7.35. The molecule has 0 aliphatic carbocycles. The molecule has 0 aromatic carbocycles. The Kier molecular flexibility index (Phi) is 5.62. The van der Waals surface area contributed by atoms with Gasteiger partial charge in [-0.3, -0.25) is 0 Å². The van der Waals surface area contributed by atoms with Crippen LogP contribution in [0.15, 0.2) is 0 Å². The maximum Gasteiger partial charge on any atom is 0.0545 e. The SMILES string of the molecule is CCCCC(CC)CC1(CO)CCOC1. The fourth-order valence-corrected chi connectivity index (χ4v) is 2.56. The molecule has 0 spiro atoms. The van der Waals surface area contributed by atoms with Crippen LogP contribution in [0.4, 0.5) is 0 Å². The molecule has 0 saturated carbocycles. The van der Waals surface area contributed by atoms with Gasteiger partial charge in [-0.25, -0.2) is 0 Å². The molecule has 1 aliphatic heterocycles. The van der Waals surface area contributed by atoms with Crippen molar-refractivity contribution in [1.29, 1.82) is 0 Å². The topological polar surface area (TPSA) is 29.5 Å². The Hall–Kier alpha value is -0.0800. The summed E-state index contributed by atoms with van der Waals surface area (Å²) in [5, 5.41) is 9.51. The third-order valence-electron chi connectivity index (χ3n) is 3.79. The quantitative estimate of drug-likeness (QED) is 0.706. The minimum Gasteiger partial charge on any atom is -0.396 e. The molecule has 0 radical (unpaired) electrons. The molecule has 2 unspecified atom stereocenters. The van der Waals surface area contributed by atoms with Crippen molar-refractivity contribution in [1.82, 2.24) is 0 Å². The summed E-state index contributed by atoms with van der Waals surface area (Å²) in [4.78, 5) is 0. The van der Waals surface area contributed by atoms with E-state index in [9.17, 15) is 5.11 Å². The van der Waals surface area contributed by atoms with E-state index in [0.29, 0.717) is 6.61 Å². The van der Waals surface area contributed by atoms with Crippen molar-refractivity contribution in [2.45, 2.75) is 52.4 Å². The van der Waals surface area contributed by atoms with Crippen LogP contribution >= 0.6 is 0 Å². The fourth-order valence-electron chi connectivity index (χ4n) is 2.56. The predicted octanol–water partition coefficient (Wildman–Crippen LogP) is 2.99. The van der Waals surface area contributed by atoms with Gasteiger partial charge in [-0.05, 0) is 18.8 Å². The number of rotatable bonds is 7. The Labute approximate surface area is 94.0 Å². The highest BCUT2D eigenvalue weighted by molar-refractivity contribution is 4.84. The molecular weight excluding hydrogens is 188 g/mol. The first-order valence-corrected chi connectivity index (χ1v) is 6.45. The number of unbranched alkanes of at least 4 members (excludes halogenated alkanes) is 1. The lowest BCUT2D eigenvalue weighted by molar-refractivity contribution is 0.0697. The number of aliphatic hydroxyl groups is 1. The van der Waals surface area contributed by atoms with E-state index in [1.54, 1.807) is 0 Å². The van der Waals surface area contributed by atoms with Gasteiger partial charge >= 0.3 is 0 Å². The molecule has 2 heteroatoms. The van der Waals surface area contributed by atoms with Crippen LogP contribution < -0.4 is 0 Å². The van der Waals surface area contributed by atoms with E-state index in [0.717, 1.165) is 32.0 Å². The Morgan fingerprint density at radius 1 is 1.40 bits per heavy atom. The molecule has 0 amide bonds. The van der Waals surface area contributed by atoms with Crippen LogP contribution in [0.2, 0.25) is 0 Å². The summed E-state index contributed by atoms with van der Waals surface area (Å²) in [6.45, 7) is 6.42. The molecule has 0 aromatic rings. The molecule has 1 aliphatic rings. The Bertz CT molecular complexity index is 162. The van der Waals surface area contributed by atoms with E-state index in [4.69, 9.17) is 4.74 Å². The van der Waals surface area contributed by atoms with Gasteiger partial charge in [-0.15, -0.1) is 0 Å². The number of hydrogen-bond acceptors (Lipinski definition) is 2. The van der Waals surface area contributed by atoms with Crippen molar-refractivity contribution < 1.29 is 9.84 Å². The van der Waals surface area contributed by atoms with Crippen LogP contribution in [-0.2, 0) is 4.74 Å². The maximum absolute atomic E-state index is 9.51. The van der Waals surface area contributed by atoms with Crippen molar-refractivity contribution in [3.05, 3.63) is 0 Å². The molecule has 2 nitrogen and oxygen atoms in total. The standard InChI is InChI=1S/C13H26O2/c1-3-5-6-12(4-2)9-13(10-14)7-8-15-11-13/h12,14H,3-11H2,1-2H3. The maximum atomic E-state index is 9.51. The van der Waals surface area contributed by atoms with Gasteiger partial charge in [-0.2, -0.15) is 0 Å². The summed E-state index contributed by atoms with van der Waals surface area (Å²) < 4.78 is 5.44. The largest absolute Gasteiger partial charge is 0.396 e. The third-order valence-corrected chi connectivity index (χ3v) is 3.79. The molecule has 0 aromatic heterocycles. The Balaban J connectivity index is 2.40. The first-order chi connectivity index (χ1) is 7.26. The average molecular weight is 214 g/mol. The predicted molar refractivity (Wildman–Crippen MR) is 62.9 cm³/mol. The van der Waals surface area contributed by atoms with Gasteiger partial charge in [0.15, 0.2) is 0 Å². The zero-order chi connectivity index (χ0) is 11.1. The van der Waals surface area contributed by atoms with Crippen LogP contribution in [0, 0.1) is 11.3 Å². The zero-order valence-electron chi connectivity index (χ0n) is 10.3. The molecule has 1 N–H and O–H groups in total. The van der Waals surface area contributed by atoms with E-state index >= 15 is 0 Å². The Morgan fingerprint density at radius 2 is 2.20 bits per heavy atom. The van der Waals surface area contributed by atoms with Gasteiger partial charge in [0, 0.05) is 12.0 Å². The van der Waals surface area contributed by atoms with Crippen LogP contribution in [0.3, 0.4) is 0 Å². The van der Waals surface area contributed by atoms with E-state index < -0.39 is 0 Å². The van der Waals surface area contributed by atoms with Gasteiger partial charge in [0.1, 0.15) is 0 Å². The van der Waals surface area contributed by atoms with Crippen LogP contribution in [-0.4, -0.2) is 24.9 Å². The van der Waals surface area contributed by atoms with E-state index in [1.807, 2.05) is 0 Å². The lowest BCUT2D eigenvalue weighted by atomic mass is 9.77. The molecule has 1 heterocycles. The number of aliphatic hydroxyl groups excluding tert-OH is 1. The van der Waals surface area contributed by atoms with Crippen molar-refractivity contribution in [3.8, 4) is 0 Å².